The molecule has 0 aliphatic heterocycles. The number of amides is 1. The second-order valence-electron chi connectivity index (χ2n) is 5.62. The molecule has 0 radical (unpaired) electrons. The van der Waals surface area contributed by atoms with Crippen molar-refractivity contribution in [1.82, 2.24) is 10.0 Å². The maximum absolute atomic E-state index is 12.3. The van der Waals surface area contributed by atoms with Crippen molar-refractivity contribution in [3.8, 4) is 6.07 Å². The van der Waals surface area contributed by atoms with Gasteiger partial charge in [-0.3, -0.25) is 4.79 Å². The molecule has 0 saturated carbocycles. The van der Waals surface area contributed by atoms with Crippen LogP contribution < -0.4 is 10.0 Å². The smallest absolute Gasteiger partial charge is 0.251 e. The first-order valence-corrected chi connectivity index (χ1v) is 9.17. The van der Waals surface area contributed by atoms with Crippen molar-refractivity contribution >= 4 is 15.9 Å². The number of nitrogens with zero attached hydrogens (tertiary/aromatic N) is 1. The maximum atomic E-state index is 12.3. The molecule has 0 spiro atoms. The predicted octanol–water partition coefficient (Wildman–Crippen LogP) is 1.88. The minimum absolute atomic E-state index is 0.0688. The van der Waals surface area contributed by atoms with Gasteiger partial charge in [0.05, 0.1) is 16.5 Å². The van der Waals surface area contributed by atoms with E-state index in [-0.39, 0.29) is 23.9 Å². The van der Waals surface area contributed by atoms with E-state index >= 15 is 0 Å². The molecule has 0 heterocycles. The molecule has 2 aromatic carbocycles. The number of hydrogen-bond donors (Lipinski definition) is 2. The molecule has 1 amide bonds. The molecule has 0 unspecified atom stereocenters. The first-order valence-electron chi connectivity index (χ1n) is 7.69. The van der Waals surface area contributed by atoms with Gasteiger partial charge >= 0.3 is 0 Å². The normalized spacial score (nSPS) is 10.9. The standard InChI is InChI=1S/C18H19N3O3S/c1-13-6-7-14(2)17(10-13)25(23,24)21-9-8-20-18(22)16-5-3-4-15(11-16)12-19/h3-7,10-11,21H,8-9H2,1-2H3,(H,20,22). The van der Waals surface area contributed by atoms with Gasteiger partial charge in [-0.05, 0) is 49.2 Å². The Morgan fingerprint density at radius 3 is 2.60 bits per heavy atom. The van der Waals surface area contributed by atoms with Gasteiger partial charge in [0.15, 0.2) is 0 Å². The van der Waals surface area contributed by atoms with Gasteiger partial charge < -0.3 is 5.32 Å². The average Bonchev–Trinajstić information content (AvgIpc) is 2.60. The zero-order valence-electron chi connectivity index (χ0n) is 14.0. The highest BCUT2D eigenvalue weighted by molar-refractivity contribution is 7.89. The second kappa shape index (κ2) is 7.92. The SMILES string of the molecule is Cc1ccc(C)c(S(=O)(=O)NCCNC(=O)c2cccc(C#N)c2)c1. The molecule has 7 heteroatoms. The quantitative estimate of drug-likeness (QED) is 0.771. The number of hydrogen-bond acceptors (Lipinski definition) is 4. The van der Waals surface area contributed by atoms with E-state index < -0.39 is 10.0 Å². The van der Waals surface area contributed by atoms with Crippen LogP contribution in [0.25, 0.3) is 0 Å². The molecule has 2 N–H and O–H groups in total. The van der Waals surface area contributed by atoms with Gasteiger partial charge in [0.25, 0.3) is 5.91 Å². The Labute approximate surface area is 147 Å². The third-order valence-electron chi connectivity index (χ3n) is 3.59. The van der Waals surface area contributed by atoms with E-state index in [0.29, 0.717) is 16.7 Å². The summed E-state index contributed by atoms with van der Waals surface area (Å²) in [4.78, 5) is 12.2. The lowest BCUT2D eigenvalue weighted by Crippen LogP contribution is -2.35. The highest BCUT2D eigenvalue weighted by Gasteiger charge is 2.16. The molecule has 25 heavy (non-hydrogen) atoms. The lowest BCUT2D eigenvalue weighted by Gasteiger charge is -2.11. The summed E-state index contributed by atoms with van der Waals surface area (Å²) in [5.74, 6) is -0.358. The molecule has 0 fully saturated rings. The van der Waals surface area contributed by atoms with E-state index in [1.165, 1.54) is 6.07 Å². The first-order chi connectivity index (χ1) is 11.8. The molecule has 6 nitrogen and oxygen atoms in total. The molecule has 0 aromatic heterocycles. The van der Waals surface area contributed by atoms with E-state index in [1.807, 2.05) is 19.1 Å². The Kier molecular flexibility index (Phi) is 5.91. The Morgan fingerprint density at radius 2 is 1.88 bits per heavy atom. The monoisotopic (exact) mass is 357 g/mol. The Bertz CT molecular complexity index is 931. The summed E-state index contributed by atoms with van der Waals surface area (Å²) < 4.78 is 27.2. The third kappa shape index (κ3) is 4.89. The van der Waals surface area contributed by atoms with Crippen LogP contribution in [-0.4, -0.2) is 27.4 Å². The number of nitriles is 1. The van der Waals surface area contributed by atoms with Crippen molar-refractivity contribution in [3.63, 3.8) is 0 Å². The van der Waals surface area contributed by atoms with Gasteiger partial charge in [-0.2, -0.15) is 5.26 Å². The van der Waals surface area contributed by atoms with E-state index in [1.54, 1.807) is 37.3 Å². The topological polar surface area (TPSA) is 99.1 Å². The fourth-order valence-electron chi connectivity index (χ4n) is 2.27. The molecular formula is C18H19N3O3S. The maximum Gasteiger partial charge on any atom is 0.251 e. The van der Waals surface area contributed by atoms with Crippen molar-refractivity contribution in [2.45, 2.75) is 18.7 Å². The summed E-state index contributed by atoms with van der Waals surface area (Å²) in [6, 6.07) is 13.5. The highest BCUT2D eigenvalue weighted by atomic mass is 32.2. The second-order valence-corrected chi connectivity index (χ2v) is 7.35. The molecule has 0 atom stereocenters. The van der Waals surface area contributed by atoms with Crippen LogP contribution in [0.5, 0.6) is 0 Å². The highest BCUT2D eigenvalue weighted by Crippen LogP contribution is 2.16. The molecule has 2 rings (SSSR count). The van der Waals surface area contributed by atoms with Gasteiger partial charge in [0, 0.05) is 18.7 Å². The van der Waals surface area contributed by atoms with Crippen molar-refractivity contribution in [3.05, 3.63) is 64.7 Å². The van der Waals surface area contributed by atoms with E-state index in [0.717, 1.165) is 5.56 Å². The van der Waals surface area contributed by atoms with E-state index in [9.17, 15) is 13.2 Å². The molecule has 130 valence electrons. The summed E-state index contributed by atoms with van der Waals surface area (Å²) in [6.45, 7) is 3.77. The first kappa shape index (κ1) is 18.6. The van der Waals surface area contributed by atoms with Crippen molar-refractivity contribution in [2.75, 3.05) is 13.1 Å². The fourth-order valence-corrected chi connectivity index (χ4v) is 3.63. The minimum atomic E-state index is -3.63. The Morgan fingerprint density at radius 1 is 1.12 bits per heavy atom. The number of sulfonamides is 1. The van der Waals surface area contributed by atoms with E-state index in [2.05, 4.69) is 10.0 Å². The van der Waals surface area contributed by atoms with Crippen LogP contribution in [0.4, 0.5) is 0 Å². The van der Waals surface area contributed by atoms with Crippen molar-refractivity contribution in [1.29, 1.82) is 5.26 Å². The van der Waals surface area contributed by atoms with Crippen LogP contribution in [0.3, 0.4) is 0 Å². The Hall–Kier alpha value is -2.69. The van der Waals surface area contributed by atoms with Gasteiger partial charge in [-0.15, -0.1) is 0 Å². The van der Waals surface area contributed by atoms with Gasteiger partial charge in [0.2, 0.25) is 10.0 Å². The lowest BCUT2D eigenvalue weighted by molar-refractivity contribution is 0.0954. The van der Waals surface area contributed by atoms with Crippen molar-refractivity contribution in [2.24, 2.45) is 0 Å². The van der Waals surface area contributed by atoms with Crippen LogP contribution in [0.2, 0.25) is 0 Å². The van der Waals surface area contributed by atoms with Crippen molar-refractivity contribution < 1.29 is 13.2 Å². The largest absolute Gasteiger partial charge is 0.351 e. The van der Waals surface area contributed by atoms with Crippen LogP contribution in [0.15, 0.2) is 47.4 Å². The van der Waals surface area contributed by atoms with Crippen LogP contribution in [0.1, 0.15) is 27.0 Å². The number of carbonyl (C=O) groups is 1. The van der Waals surface area contributed by atoms with Crippen LogP contribution in [-0.2, 0) is 10.0 Å². The zero-order chi connectivity index (χ0) is 18.4. The summed E-state index contributed by atoms with van der Waals surface area (Å²) in [7, 11) is -3.63. The molecule has 0 aliphatic rings. The molecule has 0 bridgehead atoms. The van der Waals surface area contributed by atoms with Gasteiger partial charge in [-0.1, -0.05) is 18.2 Å². The summed E-state index contributed by atoms with van der Waals surface area (Å²) >= 11 is 0. The molecule has 2 aromatic rings. The van der Waals surface area contributed by atoms with E-state index in [4.69, 9.17) is 5.26 Å². The fraction of sp³-hybridized carbons (Fsp3) is 0.222. The minimum Gasteiger partial charge on any atom is -0.351 e. The summed E-state index contributed by atoms with van der Waals surface area (Å²) in [6.07, 6.45) is 0. The van der Waals surface area contributed by atoms with Gasteiger partial charge in [-0.25, -0.2) is 13.1 Å². The zero-order valence-corrected chi connectivity index (χ0v) is 14.9. The Balaban J connectivity index is 1.93. The van der Waals surface area contributed by atoms with Crippen LogP contribution in [0, 0.1) is 25.2 Å². The number of aryl methyl sites for hydroxylation is 2. The summed E-state index contributed by atoms with van der Waals surface area (Å²) in [5, 5.41) is 11.5. The predicted molar refractivity (Wildman–Crippen MR) is 94.6 cm³/mol. The molecular weight excluding hydrogens is 338 g/mol. The molecule has 0 aliphatic carbocycles. The summed E-state index contributed by atoms with van der Waals surface area (Å²) in [5.41, 5.74) is 2.27. The van der Waals surface area contributed by atoms with Crippen LogP contribution >= 0.6 is 0 Å². The average molecular weight is 357 g/mol. The number of carbonyl (C=O) groups excluding carboxylic acids is 1. The lowest BCUT2D eigenvalue weighted by atomic mass is 10.1. The number of rotatable bonds is 6. The number of nitrogens with one attached hydrogen (secondary N) is 2. The van der Waals surface area contributed by atoms with Gasteiger partial charge in [0.1, 0.15) is 0 Å². The third-order valence-corrected chi connectivity index (χ3v) is 5.19. The molecule has 0 saturated heterocycles. The number of benzene rings is 2.